The van der Waals surface area contributed by atoms with Crippen LogP contribution in [0.4, 0.5) is 32.0 Å². The van der Waals surface area contributed by atoms with E-state index in [4.69, 9.17) is 5.73 Å². The Bertz CT molecular complexity index is 693. The van der Waals surface area contributed by atoms with E-state index in [9.17, 15) is 26.3 Å². The average molecular weight is 310 g/mol. The van der Waals surface area contributed by atoms with Crippen LogP contribution in [0, 0.1) is 6.92 Å². The minimum absolute atomic E-state index is 0.0396. The number of alkyl halides is 6. The summed E-state index contributed by atoms with van der Waals surface area (Å²) in [6.07, 6.45) is -9.88. The standard InChI is InChI=1S/C12H8F6N2O/c1-5-8(19)6-3-2-4-7(21-12(16,17)18)9(6)20-10(5)11(13,14)15/h2-4H,1H3,(H2,19,20). The van der Waals surface area contributed by atoms with Gasteiger partial charge < -0.3 is 10.5 Å². The zero-order valence-corrected chi connectivity index (χ0v) is 10.4. The summed E-state index contributed by atoms with van der Waals surface area (Å²) in [5.41, 5.74) is 3.00. The van der Waals surface area contributed by atoms with Crippen LogP contribution in [0.25, 0.3) is 10.9 Å². The predicted molar refractivity (Wildman–Crippen MR) is 62.6 cm³/mol. The van der Waals surface area contributed by atoms with E-state index in [0.29, 0.717) is 0 Å². The molecule has 0 saturated heterocycles. The third kappa shape index (κ3) is 2.96. The molecule has 1 aromatic carbocycles. The fourth-order valence-electron chi connectivity index (χ4n) is 1.86. The van der Waals surface area contributed by atoms with Gasteiger partial charge in [-0.05, 0) is 13.0 Å². The molecule has 2 aromatic rings. The molecule has 0 amide bonds. The zero-order chi connectivity index (χ0) is 16.0. The lowest BCUT2D eigenvalue weighted by Gasteiger charge is -2.16. The molecular formula is C12H8F6N2O. The number of nitrogen functional groups attached to an aromatic ring is 1. The highest BCUT2D eigenvalue weighted by Gasteiger charge is 2.37. The maximum absolute atomic E-state index is 12.8. The summed E-state index contributed by atoms with van der Waals surface area (Å²) in [6.45, 7) is 1.10. The lowest BCUT2D eigenvalue weighted by Crippen LogP contribution is -2.18. The molecule has 0 radical (unpaired) electrons. The number of pyridine rings is 1. The maximum atomic E-state index is 12.8. The van der Waals surface area contributed by atoms with Crippen LogP contribution in [-0.2, 0) is 6.18 Å². The summed E-state index contributed by atoms with van der Waals surface area (Å²) in [6, 6.07) is 3.33. The highest BCUT2D eigenvalue weighted by Crippen LogP contribution is 2.39. The number of para-hydroxylation sites is 1. The number of fused-ring (bicyclic) bond motifs is 1. The summed E-state index contributed by atoms with van der Waals surface area (Å²) in [7, 11) is 0. The van der Waals surface area contributed by atoms with E-state index in [0.717, 1.165) is 13.0 Å². The van der Waals surface area contributed by atoms with Crippen molar-refractivity contribution in [2.24, 2.45) is 0 Å². The van der Waals surface area contributed by atoms with E-state index in [2.05, 4.69) is 9.72 Å². The second-order valence-electron chi connectivity index (χ2n) is 4.20. The number of anilines is 1. The Morgan fingerprint density at radius 1 is 1.10 bits per heavy atom. The van der Waals surface area contributed by atoms with Gasteiger partial charge in [0.2, 0.25) is 0 Å². The van der Waals surface area contributed by atoms with Crippen LogP contribution in [0.1, 0.15) is 11.3 Å². The minimum atomic E-state index is -5.05. The van der Waals surface area contributed by atoms with Crippen LogP contribution in [0.2, 0.25) is 0 Å². The van der Waals surface area contributed by atoms with E-state index in [1.54, 1.807) is 0 Å². The number of rotatable bonds is 1. The Hall–Kier alpha value is -2.19. The molecule has 0 fully saturated rings. The van der Waals surface area contributed by atoms with Gasteiger partial charge in [-0.3, -0.25) is 0 Å². The van der Waals surface area contributed by atoms with Crippen molar-refractivity contribution in [3.63, 3.8) is 0 Å². The topological polar surface area (TPSA) is 48.1 Å². The zero-order valence-electron chi connectivity index (χ0n) is 10.4. The van der Waals surface area contributed by atoms with Gasteiger partial charge in [0.15, 0.2) is 5.75 Å². The number of halogens is 6. The Labute approximate surface area is 114 Å². The largest absolute Gasteiger partial charge is 0.573 e. The fraction of sp³-hybridized carbons (Fsp3) is 0.250. The highest BCUT2D eigenvalue weighted by atomic mass is 19.4. The molecule has 0 unspecified atom stereocenters. The number of nitrogens with zero attached hydrogens (tertiary/aromatic N) is 1. The van der Waals surface area contributed by atoms with Crippen LogP contribution in [0.15, 0.2) is 18.2 Å². The Morgan fingerprint density at radius 3 is 2.24 bits per heavy atom. The third-order valence-corrected chi connectivity index (χ3v) is 2.77. The molecule has 9 heteroatoms. The number of benzene rings is 1. The molecule has 3 nitrogen and oxygen atoms in total. The van der Waals surface area contributed by atoms with Crippen molar-refractivity contribution < 1.29 is 31.1 Å². The quantitative estimate of drug-likeness (QED) is 0.809. The molecule has 2 rings (SSSR count). The number of aromatic nitrogens is 1. The first-order valence-corrected chi connectivity index (χ1v) is 5.52. The van der Waals surface area contributed by atoms with E-state index in [1.165, 1.54) is 12.1 Å². The molecule has 0 atom stereocenters. The second-order valence-corrected chi connectivity index (χ2v) is 4.20. The normalized spacial score (nSPS) is 12.7. The SMILES string of the molecule is Cc1c(C(F)(F)F)nc2c(OC(F)(F)F)cccc2c1N. The number of hydrogen-bond acceptors (Lipinski definition) is 3. The molecule has 0 bridgehead atoms. The molecule has 0 aliphatic rings. The lowest BCUT2D eigenvalue weighted by atomic mass is 10.1. The van der Waals surface area contributed by atoms with Crippen molar-refractivity contribution in [2.75, 3.05) is 5.73 Å². The summed E-state index contributed by atoms with van der Waals surface area (Å²) in [5.74, 6) is -0.836. The molecule has 21 heavy (non-hydrogen) atoms. The van der Waals surface area contributed by atoms with Crippen molar-refractivity contribution in [1.29, 1.82) is 0 Å². The molecule has 0 saturated carbocycles. The smallest absolute Gasteiger partial charge is 0.403 e. The lowest BCUT2D eigenvalue weighted by molar-refractivity contribution is -0.274. The van der Waals surface area contributed by atoms with Crippen LogP contribution >= 0.6 is 0 Å². The Kier molecular flexibility index (Phi) is 3.38. The van der Waals surface area contributed by atoms with Gasteiger partial charge in [0.05, 0.1) is 0 Å². The van der Waals surface area contributed by atoms with Crippen LogP contribution in [0.3, 0.4) is 0 Å². The Morgan fingerprint density at radius 2 is 1.71 bits per heavy atom. The van der Waals surface area contributed by atoms with Gasteiger partial charge in [0.25, 0.3) is 0 Å². The summed E-state index contributed by atoms with van der Waals surface area (Å²) >= 11 is 0. The van der Waals surface area contributed by atoms with Gasteiger partial charge in [-0.1, -0.05) is 12.1 Å². The first kappa shape index (κ1) is 15.2. The van der Waals surface area contributed by atoms with Crippen LogP contribution in [-0.4, -0.2) is 11.3 Å². The summed E-state index contributed by atoms with van der Waals surface area (Å²) in [4.78, 5) is 3.26. The van der Waals surface area contributed by atoms with Gasteiger partial charge in [-0.15, -0.1) is 13.2 Å². The van der Waals surface area contributed by atoms with Crippen molar-refractivity contribution in [1.82, 2.24) is 4.98 Å². The molecule has 2 N–H and O–H groups in total. The van der Waals surface area contributed by atoms with E-state index >= 15 is 0 Å². The predicted octanol–water partition coefficient (Wildman–Crippen LogP) is 4.04. The Balaban J connectivity index is 2.78. The molecule has 1 heterocycles. The van der Waals surface area contributed by atoms with Gasteiger partial charge in [0, 0.05) is 16.6 Å². The van der Waals surface area contributed by atoms with Gasteiger partial charge in [-0.25, -0.2) is 4.98 Å². The fourth-order valence-corrected chi connectivity index (χ4v) is 1.86. The maximum Gasteiger partial charge on any atom is 0.573 e. The summed E-state index contributed by atoms with van der Waals surface area (Å²) in [5, 5.41) is -0.0396. The first-order chi connectivity index (χ1) is 9.50. The monoisotopic (exact) mass is 310 g/mol. The van der Waals surface area contributed by atoms with Gasteiger partial charge >= 0.3 is 12.5 Å². The molecule has 0 spiro atoms. The van der Waals surface area contributed by atoms with E-state index in [1.807, 2.05) is 0 Å². The van der Waals surface area contributed by atoms with Crippen molar-refractivity contribution in [3.8, 4) is 5.75 Å². The number of hydrogen-bond donors (Lipinski definition) is 1. The van der Waals surface area contributed by atoms with Crippen LogP contribution < -0.4 is 10.5 Å². The minimum Gasteiger partial charge on any atom is -0.403 e. The van der Waals surface area contributed by atoms with E-state index < -0.39 is 29.5 Å². The number of ether oxygens (including phenoxy) is 1. The molecule has 0 aliphatic heterocycles. The summed E-state index contributed by atoms with van der Waals surface area (Å²) < 4.78 is 79.1. The van der Waals surface area contributed by atoms with Gasteiger partial charge in [-0.2, -0.15) is 13.2 Å². The van der Waals surface area contributed by atoms with E-state index in [-0.39, 0.29) is 16.6 Å². The number of nitrogens with two attached hydrogens (primary N) is 1. The molecule has 0 aliphatic carbocycles. The second kappa shape index (κ2) is 4.68. The molecule has 114 valence electrons. The molecular weight excluding hydrogens is 302 g/mol. The highest BCUT2D eigenvalue weighted by molar-refractivity contribution is 5.95. The van der Waals surface area contributed by atoms with Crippen molar-refractivity contribution >= 4 is 16.6 Å². The van der Waals surface area contributed by atoms with Crippen LogP contribution in [0.5, 0.6) is 5.75 Å². The molecule has 1 aromatic heterocycles. The van der Waals surface area contributed by atoms with Crippen molar-refractivity contribution in [3.05, 3.63) is 29.5 Å². The first-order valence-electron chi connectivity index (χ1n) is 5.52. The van der Waals surface area contributed by atoms with Crippen molar-refractivity contribution in [2.45, 2.75) is 19.5 Å². The van der Waals surface area contributed by atoms with Gasteiger partial charge in [0.1, 0.15) is 11.2 Å². The average Bonchev–Trinajstić information content (AvgIpc) is 2.31. The third-order valence-electron chi connectivity index (χ3n) is 2.77.